The molecule has 0 bridgehead atoms. The second-order valence-electron chi connectivity index (χ2n) is 4.68. The Kier molecular flexibility index (Phi) is 5.58. The van der Waals surface area contributed by atoms with Gasteiger partial charge in [-0.25, -0.2) is 4.79 Å². The molecular weight excluding hydrogens is 280 g/mol. The molecule has 7 heteroatoms. The maximum atomic E-state index is 11.8. The number of rotatable bonds is 3. The van der Waals surface area contributed by atoms with Crippen molar-refractivity contribution in [1.29, 1.82) is 0 Å². The molecule has 2 heterocycles. The van der Waals surface area contributed by atoms with Crippen LogP contribution in [0.25, 0.3) is 0 Å². The number of nitrogens with zero attached hydrogens (tertiary/aromatic N) is 1. The van der Waals surface area contributed by atoms with Crippen molar-refractivity contribution >= 4 is 23.3 Å². The summed E-state index contributed by atoms with van der Waals surface area (Å²) in [4.78, 5) is 15.8. The summed E-state index contributed by atoms with van der Waals surface area (Å²) in [5, 5.41) is 9.31. The van der Waals surface area contributed by atoms with E-state index >= 15 is 0 Å². The zero-order chi connectivity index (χ0) is 14.4. The van der Waals surface area contributed by atoms with Crippen molar-refractivity contribution in [2.24, 2.45) is 0 Å². The van der Waals surface area contributed by atoms with Gasteiger partial charge in [0, 0.05) is 25.9 Å². The first-order valence-corrected chi connectivity index (χ1v) is 7.02. The van der Waals surface area contributed by atoms with Crippen LogP contribution in [0.1, 0.15) is 12.0 Å². The van der Waals surface area contributed by atoms with Crippen molar-refractivity contribution in [2.75, 3.05) is 31.6 Å². The van der Waals surface area contributed by atoms with Crippen molar-refractivity contribution in [1.82, 2.24) is 15.6 Å². The molecule has 1 aromatic heterocycles. The van der Waals surface area contributed by atoms with Gasteiger partial charge in [-0.2, -0.15) is 0 Å². The highest BCUT2D eigenvalue weighted by atomic mass is 35.5. The Morgan fingerprint density at radius 1 is 1.60 bits per heavy atom. The average Bonchev–Trinajstić information content (AvgIpc) is 2.70. The lowest BCUT2D eigenvalue weighted by Crippen LogP contribution is -2.40. The molecule has 1 aliphatic rings. The number of aromatic nitrogens is 1. The van der Waals surface area contributed by atoms with E-state index in [0.717, 1.165) is 31.7 Å². The number of anilines is 1. The maximum Gasteiger partial charge on any atom is 0.319 e. The monoisotopic (exact) mass is 298 g/mol. The van der Waals surface area contributed by atoms with Gasteiger partial charge in [0.2, 0.25) is 0 Å². The number of ether oxygens (including phenoxy) is 1. The Labute approximate surface area is 123 Å². The SMILES string of the molecule is Cc1c(Cl)cncc1NC(=O)NCC1CNCCCO1. The van der Waals surface area contributed by atoms with Crippen LogP contribution >= 0.6 is 11.6 Å². The minimum absolute atomic E-state index is 0.00170. The Bertz CT molecular complexity index is 462. The summed E-state index contributed by atoms with van der Waals surface area (Å²) in [5.74, 6) is 0. The second-order valence-corrected chi connectivity index (χ2v) is 5.09. The van der Waals surface area contributed by atoms with Gasteiger partial charge < -0.3 is 20.7 Å². The summed E-state index contributed by atoms with van der Waals surface area (Å²) in [6.07, 6.45) is 4.12. The maximum absolute atomic E-state index is 11.8. The van der Waals surface area contributed by atoms with Crippen LogP contribution < -0.4 is 16.0 Å². The molecule has 0 aliphatic carbocycles. The standard InChI is InChI=1S/C13H19ClN4O2/c1-9-11(14)7-16-8-12(9)18-13(19)17-6-10-5-15-3-2-4-20-10/h7-8,10,15H,2-6H2,1H3,(H2,17,18,19). The topological polar surface area (TPSA) is 75.3 Å². The van der Waals surface area contributed by atoms with E-state index < -0.39 is 0 Å². The highest BCUT2D eigenvalue weighted by molar-refractivity contribution is 6.31. The van der Waals surface area contributed by atoms with Crippen molar-refractivity contribution in [2.45, 2.75) is 19.4 Å². The van der Waals surface area contributed by atoms with E-state index in [1.807, 2.05) is 6.92 Å². The van der Waals surface area contributed by atoms with Crippen LogP contribution in [0.3, 0.4) is 0 Å². The molecule has 110 valence electrons. The molecule has 1 unspecified atom stereocenters. The van der Waals surface area contributed by atoms with Crippen LogP contribution in [0, 0.1) is 6.92 Å². The summed E-state index contributed by atoms with van der Waals surface area (Å²) >= 11 is 5.95. The number of nitrogens with one attached hydrogen (secondary N) is 3. The number of carbonyl (C=O) groups is 1. The molecule has 0 saturated carbocycles. The largest absolute Gasteiger partial charge is 0.375 e. The number of urea groups is 1. The molecule has 0 spiro atoms. The van der Waals surface area contributed by atoms with Gasteiger partial charge >= 0.3 is 6.03 Å². The smallest absolute Gasteiger partial charge is 0.319 e. The van der Waals surface area contributed by atoms with Gasteiger partial charge in [0.1, 0.15) is 0 Å². The predicted molar refractivity (Wildman–Crippen MR) is 78.2 cm³/mol. The highest BCUT2D eigenvalue weighted by Gasteiger charge is 2.14. The van der Waals surface area contributed by atoms with Gasteiger partial charge in [0.25, 0.3) is 0 Å². The zero-order valence-corrected chi connectivity index (χ0v) is 12.2. The normalized spacial score (nSPS) is 19.2. The Morgan fingerprint density at radius 3 is 3.30 bits per heavy atom. The molecule has 0 radical (unpaired) electrons. The minimum Gasteiger partial charge on any atom is -0.375 e. The number of amides is 2. The molecule has 1 atom stereocenters. The lowest BCUT2D eigenvalue weighted by atomic mass is 10.2. The van der Waals surface area contributed by atoms with Gasteiger partial charge in [0.15, 0.2) is 0 Å². The summed E-state index contributed by atoms with van der Waals surface area (Å²) in [7, 11) is 0. The predicted octanol–water partition coefficient (Wildman–Crippen LogP) is 1.54. The molecule has 2 rings (SSSR count). The number of hydrogen-bond donors (Lipinski definition) is 3. The van der Waals surface area contributed by atoms with E-state index in [1.54, 1.807) is 12.4 Å². The fraction of sp³-hybridized carbons (Fsp3) is 0.538. The van der Waals surface area contributed by atoms with Crippen LogP contribution in [-0.2, 0) is 4.74 Å². The first kappa shape index (κ1) is 15.0. The molecule has 1 fully saturated rings. The van der Waals surface area contributed by atoms with Gasteiger partial charge in [-0.05, 0) is 25.5 Å². The fourth-order valence-corrected chi connectivity index (χ4v) is 2.06. The highest BCUT2D eigenvalue weighted by Crippen LogP contribution is 2.21. The summed E-state index contributed by atoms with van der Waals surface area (Å²) in [6, 6.07) is -0.287. The quantitative estimate of drug-likeness (QED) is 0.791. The lowest BCUT2D eigenvalue weighted by molar-refractivity contribution is 0.0689. The van der Waals surface area contributed by atoms with Gasteiger partial charge in [0.05, 0.1) is 23.0 Å². The molecule has 2 amide bonds. The van der Waals surface area contributed by atoms with Gasteiger partial charge in [-0.1, -0.05) is 11.6 Å². The Balaban J connectivity index is 1.81. The van der Waals surface area contributed by atoms with Crippen molar-refractivity contribution in [3.05, 3.63) is 23.0 Å². The number of hydrogen-bond acceptors (Lipinski definition) is 4. The molecule has 6 nitrogen and oxygen atoms in total. The van der Waals surface area contributed by atoms with E-state index in [0.29, 0.717) is 17.3 Å². The number of halogens is 1. The summed E-state index contributed by atoms with van der Waals surface area (Å²) in [6.45, 7) is 4.72. The van der Waals surface area contributed by atoms with Gasteiger partial charge in [-0.15, -0.1) is 0 Å². The fourth-order valence-electron chi connectivity index (χ4n) is 1.90. The molecule has 20 heavy (non-hydrogen) atoms. The summed E-state index contributed by atoms with van der Waals surface area (Å²) < 4.78 is 5.61. The number of carbonyl (C=O) groups excluding carboxylic acids is 1. The van der Waals surface area contributed by atoms with E-state index in [-0.39, 0.29) is 12.1 Å². The molecule has 3 N–H and O–H groups in total. The minimum atomic E-state index is -0.287. The van der Waals surface area contributed by atoms with Crippen LogP contribution in [0.15, 0.2) is 12.4 Å². The van der Waals surface area contributed by atoms with E-state index in [9.17, 15) is 4.79 Å². The zero-order valence-electron chi connectivity index (χ0n) is 11.4. The third-order valence-corrected chi connectivity index (χ3v) is 3.50. The van der Waals surface area contributed by atoms with Crippen molar-refractivity contribution < 1.29 is 9.53 Å². The Hall–Kier alpha value is -1.37. The lowest BCUT2D eigenvalue weighted by Gasteiger charge is -2.16. The molecular formula is C13H19ClN4O2. The Morgan fingerprint density at radius 2 is 2.45 bits per heavy atom. The van der Waals surface area contributed by atoms with Crippen LogP contribution in [0.5, 0.6) is 0 Å². The molecule has 1 aromatic rings. The van der Waals surface area contributed by atoms with Crippen LogP contribution in [0.2, 0.25) is 5.02 Å². The third kappa shape index (κ3) is 4.33. The first-order chi connectivity index (χ1) is 9.66. The number of pyridine rings is 1. The van der Waals surface area contributed by atoms with Crippen molar-refractivity contribution in [3.8, 4) is 0 Å². The van der Waals surface area contributed by atoms with E-state index in [2.05, 4.69) is 20.9 Å². The van der Waals surface area contributed by atoms with Crippen LogP contribution in [-0.4, -0.2) is 43.4 Å². The van der Waals surface area contributed by atoms with Crippen molar-refractivity contribution in [3.63, 3.8) is 0 Å². The van der Waals surface area contributed by atoms with Crippen LogP contribution in [0.4, 0.5) is 10.5 Å². The van der Waals surface area contributed by atoms with E-state index in [4.69, 9.17) is 16.3 Å². The molecule has 1 saturated heterocycles. The molecule has 0 aromatic carbocycles. The molecule has 1 aliphatic heterocycles. The summed E-state index contributed by atoms with van der Waals surface area (Å²) in [5.41, 5.74) is 1.40. The first-order valence-electron chi connectivity index (χ1n) is 6.64. The average molecular weight is 299 g/mol. The second kappa shape index (κ2) is 7.42. The third-order valence-electron chi connectivity index (χ3n) is 3.12. The van der Waals surface area contributed by atoms with E-state index in [1.165, 1.54) is 0 Å². The van der Waals surface area contributed by atoms with Gasteiger partial charge in [-0.3, -0.25) is 4.98 Å².